The standard InChI is InChI=1S/C21H25N3O2S.ClH/c1-22-17-6-3-10-24(13-17)21(26)18-9-11-27-20(18)23-19(25)16-8-7-14-4-2-5-15(14)12-16;/h7-9,11-12,17,22H,2-6,10,13H2,1H3,(H,23,25);1H. The second-order valence-corrected chi connectivity index (χ2v) is 8.25. The van der Waals surface area contributed by atoms with Crippen molar-refractivity contribution < 1.29 is 9.59 Å². The monoisotopic (exact) mass is 419 g/mol. The molecule has 28 heavy (non-hydrogen) atoms. The highest BCUT2D eigenvalue weighted by molar-refractivity contribution is 7.14. The number of anilines is 1. The maximum absolute atomic E-state index is 13.0. The maximum Gasteiger partial charge on any atom is 0.256 e. The summed E-state index contributed by atoms with van der Waals surface area (Å²) in [6.45, 7) is 1.48. The lowest BCUT2D eigenvalue weighted by Gasteiger charge is -2.32. The molecule has 1 aromatic carbocycles. The van der Waals surface area contributed by atoms with E-state index in [9.17, 15) is 9.59 Å². The predicted molar refractivity (Wildman–Crippen MR) is 116 cm³/mol. The third-order valence-electron chi connectivity index (χ3n) is 5.60. The fraction of sp³-hybridized carbons (Fsp3) is 0.429. The molecule has 0 radical (unpaired) electrons. The molecule has 1 fully saturated rings. The summed E-state index contributed by atoms with van der Waals surface area (Å²) in [6, 6.07) is 8.09. The summed E-state index contributed by atoms with van der Waals surface area (Å²) >= 11 is 1.40. The van der Waals surface area contributed by atoms with Gasteiger partial charge < -0.3 is 15.5 Å². The first kappa shape index (κ1) is 20.8. The number of likely N-dealkylation sites (tertiary alicyclic amines) is 1. The first-order chi connectivity index (χ1) is 13.2. The summed E-state index contributed by atoms with van der Waals surface area (Å²) in [6.07, 6.45) is 5.39. The smallest absolute Gasteiger partial charge is 0.256 e. The van der Waals surface area contributed by atoms with Gasteiger partial charge in [0.05, 0.1) is 5.56 Å². The summed E-state index contributed by atoms with van der Waals surface area (Å²) in [4.78, 5) is 27.6. The first-order valence-electron chi connectivity index (χ1n) is 9.63. The van der Waals surface area contributed by atoms with Crippen molar-refractivity contribution in [2.45, 2.75) is 38.1 Å². The van der Waals surface area contributed by atoms with Gasteiger partial charge in [-0.2, -0.15) is 0 Å². The number of halogens is 1. The van der Waals surface area contributed by atoms with Gasteiger partial charge in [-0.1, -0.05) is 6.07 Å². The van der Waals surface area contributed by atoms with Crippen LogP contribution in [0.1, 0.15) is 51.1 Å². The third-order valence-corrected chi connectivity index (χ3v) is 6.43. The Morgan fingerprint density at radius 3 is 2.79 bits per heavy atom. The summed E-state index contributed by atoms with van der Waals surface area (Å²) in [5, 5.41) is 8.72. The van der Waals surface area contributed by atoms with Crippen LogP contribution in [0.25, 0.3) is 0 Å². The molecule has 2 aromatic rings. The lowest BCUT2D eigenvalue weighted by Crippen LogP contribution is -2.47. The van der Waals surface area contributed by atoms with Gasteiger partial charge in [0.1, 0.15) is 5.00 Å². The highest BCUT2D eigenvalue weighted by Gasteiger charge is 2.26. The zero-order chi connectivity index (χ0) is 18.8. The second-order valence-electron chi connectivity index (χ2n) is 7.33. The first-order valence-corrected chi connectivity index (χ1v) is 10.5. The lowest BCUT2D eigenvalue weighted by molar-refractivity contribution is 0.0699. The quantitative estimate of drug-likeness (QED) is 0.793. The number of fused-ring (bicyclic) bond motifs is 1. The van der Waals surface area contributed by atoms with Gasteiger partial charge in [0, 0.05) is 24.7 Å². The Hall–Kier alpha value is -1.89. The van der Waals surface area contributed by atoms with Crippen molar-refractivity contribution in [3.8, 4) is 0 Å². The molecule has 0 spiro atoms. The number of aryl methyl sites for hydroxylation is 2. The third kappa shape index (κ3) is 4.24. The zero-order valence-electron chi connectivity index (χ0n) is 16.0. The fourth-order valence-electron chi connectivity index (χ4n) is 4.03. The summed E-state index contributed by atoms with van der Waals surface area (Å²) in [7, 11) is 1.94. The van der Waals surface area contributed by atoms with Gasteiger partial charge in [0.25, 0.3) is 11.8 Å². The van der Waals surface area contributed by atoms with E-state index in [0.29, 0.717) is 28.7 Å². The molecule has 1 saturated heterocycles. The average molecular weight is 420 g/mol. The molecule has 1 aliphatic carbocycles. The topological polar surface area (TPSA) is 61.4 Å². The van der Waals surface area contributed by atoms with Crippen LogP contribution in [0, 0.1) is 0 Å². The van der Waals surface area contributed by atoms with Crippen molar-refractivity contribution in [1.82, 2.24) is 10.2 Å². The Labute approximate surface area is 175 Å². The molecule has 1 aliphatic heterocycles. The Bertz CT molecular complexity index is 867. The Balaban J connectivity index is 0.00000225. The minimum absolute atomic E-state index is 0. The minimum atomic E-state index is -0.145. The van der Waals surface area contributed by atoms with Crippen LogP contribution in [-0.2, 0) is 12.8 Å². The number of carbonyl (C=O) groups is 2. The highest BCUT2D eigenvalue weighted by Crippen LogP contribution is 2.28. The second kappa shape index (κ2) is 9.07. The highest BCUT2D eigenvalue weighted by atomic mass is 35.5. The van der Waals surface area contributed by atoms with E-state index in [2.05, 4.69) is 16.7 Å². The maximum atomic E-state index is 13.0. The number of carbonyl (C=O) groups excluding carboxylic acids is 2. The van der Waals surface area contributed by atoms with Gasteiger partial charge in [-0.25, -0.2) is 0 Å². The summed E-state index contributed by atoms with van der Waals surface area (Å²) < 4.78 is 0. The number of rotatable bonds is 4. The lowest BCUT2D eigenvalue weighted by atomic mass is 10.0. The Kier molecular flexibility index (Phi) is 6.75. The fourth-order valence-corrected chi connectivity index (χ4v) is 4.80. The van der Waals surface area contributed by atoms with Crippen LogP contribution in [0.5, 0.6) is 0 Å². The molecular weight excluding hydrogens is 394 g/mol. The largest absolute Gasteiger partial charge is 0.337 e. The van der Waals surface area contributed by atoms with E-state index in [4.69, 9.17) is 0 Å². The predicted octanol–water partition coefficient (Wildman–Crippen LogP) is 3.73. The van der Waals surface area contributed by atoms with E-state index in [0.717, 1.165) is 38.6 Å². The van der Waals surface area contributed by atoms with Crippen molar-refractivity contribution in [3.05, 3.63) is 51.9 Å². The molecule has 2 aliphatic rings. The summed E-state index contributed by atoms with van der Waals surface area (Å²) in [5.41, 5.74) is 3.88. The van der Waals surface area contributed by atoms with E-state index in [1.165, 1.54) is 22.5 Å². The Morgan fingerprint density at radius 2 is 1.96 bits per heavy atom. The van der Waals surface area contributed by atoms with Gasteiger partial charge in [-0.15, -0.1) is 23.7 Å². The number of nitrogens with zero attached hydrogens (tertiary/aromatic N) is 1. The van der Waals surface area contributed by atoms with Gasteiger partial charge in [-0.05, 0) is 73.9 Å². The summed E-state index contributed by atoms with van der Waals surface area (Å²) in [5.74, 6) is -0.145. The molecule has 1 aromatic heterocycles. The van der Waals surface area contributed by atoms with E-state index in [1.807, 2.05) is 35.5 Å². The van der Waals surface area contributed by atoms with Crippen LogP contribution < -0.4 is 10.6 Å². The van der Waals surface area contributed by atoms with Crippen LogP contribution in [0.4, 0.5) is 5.00 Å². The Morgan fingerprint density at radius 1 is 1.14 bits per heavy atom. The van der Waals surface area contributed by atoms with Gasteiger partial charge in [-0.3, -0.25) is 9.59 Å². The number of amides is 2. The van der Waals surface area contributed by atoms with E-state index in [1.54, 1.807) is 0 Å². The number of nitrogens with one attached hydrogen (secondary N) is 2. The molecule has 150 valence electrons. The SMILES string of the molecule is CNC1CCCN(C(=O)c2ccsc2NC(=O)c2ccc3c(c2)CCC3)C1.Cl. The van der Waals surface area contributed by atoms with Crippen molar-refractivity contribution >= 4 is 40.6 Å². The molecule has 7 heteroatoms. The molecule has 5 nitrogen and oxygen atoms in total. The van der Waals surface area contributed by atoms with Crippen molar-refractivity contribution in [2.24, 2.45) is 0 Å². The number of hydrogen-bond donors (Lipinski definition) is 2. The molecule has 0 saturated carbocycles. The number of thiophene rings is 1. The van der Waals surface area contributed by atoms with Crippen LogP contribution in [0.2, 0.25) is 0 Å². The average Bonchev–Trinajstić information content (AvgIpc) is 3.36. The van der Waals surface area contributed by atoms with Crippen molar-refractivity contribution in [1.29, 1.82) is 0 Å². The number of hydrogen-bond acceptors (Lipinski definition) is 4. The van der Waals surface area contributed by atoms with Crippen LogP contribution in [-0.4, -0.2) is 42.9 Å². The number of likely N-dealkylation sites (N-methyl/N-ethyl adjacent to an activating group) is 1. The van der Waals surface area contributed by atoms with Gasteiger partial charge in [0.2, 0.25) is 0 Å². The van der Waals surface area contributed by atoms with Gasteiger partial charge in [0.15, 0.2) is 0 Å². The molecular formula is C21H26ClN3O2S. The van der Waals surface area contributed by atoms with Crippen LogP contribution in [0.3, 0.4) is 0 Å². The molecule has 2 N–H and O–H groups in total. The molecule has 0 bridgehead atoms. The normalized spacial score (nSPS) is 18.3. The van der Waals surface area contributed by atoms with E-state index in [-0.39, 0.29) is 24.2 Å². The zero-order valence-corrected chi connectivity index (χ0v) is 17.6. The van der Waals surface area contributed by atoms with Gasteiger partial charge >= 0.3 is 0 Å². The molecule has 2 heterocycles. The van der Waals surface area contributed by atoms with Crippen molar-refractivity contribution in [2.75, 3.05) is 25.5 Å². The number of piperidine rings is 1. The number of benzene rings is 1. The van der Waals surface area contributed by atoms with E-state index >= 15 is 0 Å². The van der Waals surface area contributed by atoms with E-state index < -0.39 is 0 Å². The molecule has 2 amide bonds. The minimum Gasteiger partial charge on any atom is -0.337 e. The molecule has 1 atom stereocenters. The van der Waals surface area contributed by atoms with Crippen LogP contribution >= 0.6 is 23.7 Å². The molecule has 4 rings (SSSR count). The molecule has 1 unspecified atom stereocenters. The van der Waals surface area contributed by atoms with Crippen LogP contribution in [0.15, 0.2) is 29.6 Å². The van der Waals surface area contributed by atoms with Crippen molar-refractivity contribution in [3.63, 3.8) is 0 Å².